The number of hydrogen-bond donors (Lipinski definition) is 1. The van der Waals surface area contributed by atoms with Crippen molar-refractivity contribution in [3.05, 3.63) is 87.9 Å². The van der Waals surface area contributed by atoms with Crippen LogP contribution in [-0.2, 0) is 27.8 Å². The van der Waals surface area contributed by atoms with Crippen molar-refractivity contribution >= 4 is 37.4 Å². The maximum atomic E-state index is 13.0. The molecule has 1 aliphatic rings. The van der Waals surface area contributed by atoms with Gasteiger partial charge in [-0.2, -0.15) is 0 Å². The fourth-order valence-electron chi connectivity index (χ4n) is 4.33. The van der Waals surface area contributed by atoms with E-state index < -0.39 is 9.84 Å². The lowest BCUT2D eigenvalue weighted by atomic mass is 9.96. The molecule has 0 aromatic heterocycles. The summed E-state index contributed by atoms with van der Waals surface area (Å²) in [6.07, 6.45) is 1.68. The van der Waals surface area contributed by atoms with E-state index in [2.05, 4.69) is 21.2 Å². The van der Waals surface area contributed by atoms with E-state index in [1.807, 2.05) is 74.4 Å². The van der Waals surface area contributed by atoms with Gasteiger partial charge in [0, 0.05) is 23.1 Å². The van der Waals surface area contributed by atoms with Crippen molar-refractivity contribution in [1.82, 2.24) is 4.90 Å². The van der Waals surface area contributed by atoms with Gasteiger partial charge in [0.25, 0.3) is 0 Å². The molecule has 37 heavy (non-hydrogen) atoms. The van der Waals surface area contributed by atoms with Crippen molar-refractivity contribution in [3.8, 4) is 5.75 Å². The number of anilines is 1. The molecule has 0 radical (unpaired) electrons. The second-order valence-corrected chi connectivity index (χ2v) is 13.0. The molecule has 196 valence electrons. The van der Waals surface area contributed by atoms with Crippen molar-refractivity contribution < 1.29 is 17.9 Å². The number of halogens is 1. The van der Waals surface area contributed by atoms with E-state index in [0.29, 0.717) is 42.1 Å². The highest BCUT2D eigenvalue weighted by atomic mass is 79.9. The minimum atomic E-state index is -3.33. The van der Waals surface area contributed by atoms with Crippen LogP contribution >= 0.6 is 15.9 Å². The molecule has 4 rings (SSSR count). The van der Waals surface area contributed by atoms with Gasteiger partial charge in [-0.1, -0.05) is 53.2 Å². The van der Waals surface area contributed by atoms with Crippen molar-refractivity contribution in [2.24, 2.45) is 0 Å². The minimum absolute atomic E-state index is 0.0981. The normalized spacial score (nSPS) is 14.4. The Morgan fingerprint density at radius 3 is 2.49 bits per heavy atom. The van der Waals surface area contributed by atoms with Crippen LogP contribution in [0.5, 0.6) is 5.75 Å². The summed E-state index contributed by atoms with van der Waals surface area (Å²) in [7, 11) is 0.463. The number of carbonyl (C=O) groups is 1. The van der Waals surface area contributed by atoms with Gasteiger partial charge in [0.05, 0.1) is 10.1 Å². The van der Waals surface area contributed by atoms with Crippen molar-refractivity contribution in [2.75, 3.05) is 19.4 Å². The topological polar surface area (TPSA) is 75.7 Å². The lowest BCUT2D eigenvalue weighted by Gasteiger charge is -2.19. The smallest absolute Gasteiger partial charge is 0.224 e. The van der Waals surface area contributed by atoms with Crippen LogP contribution in [0.15, 0.2) is 76.1 Å². The maximum absolute atomic E-state index is 13.0. The third-order valence-electron chi connectivity index (χ3n) is 6.33. The van der Waals surface area contributed by atoms with Gasteiger partial charge >= 0.3 is 0 Å². The summed E-state index contributed by atoms with van der Waals surface area (Å²) in [5.41, 5.74) is 3.31. The lowest BCUT2D eigenvalue weighted by Crippen LogP contribution is -2.18. The Labute approximate surface area is 228 Å². The molecule has 6 nitrogen and oxygen atoms in total. The average molecular weight is 586 g/mol. The molecule has 0 saturated heterocycles. The predicted molar refractivity (Wildman–Crippen MR) is 151 cm³/mol. The van der Waals surface area contributed by atoms with E-state index >= 15 is 0 Å². The largest absolute Gasteiger partial charge is 0.489 e. The van der Waals surface area contributed by atoms with Crippen LogP contribution in [0.2, 0.25) is 0 Å². The zero-order chi connectivity index (χ0) is 26.6. The van der Waals surface area contributed by atoms with Gasteiger partial charge in [0.1, 0.15) is 12.4 Å². The van der Waals surface area contributed by atoms with Gasteiger partial charge in [-0.05, 0) is 85.9 Å². The second kappa shape index (κ2) is 11.8. The highest BCUT2D eigenvalue weighted by molar-refractivity contribution is 9.10. The zero-order valence-electron chi connectivity index (χ0n) is 21.4. The summed E-state index contributed by atoms with van der Waals surface area (Å²) < 4.78 is 32.9. The molecule has 3 aromatic carbocycles. The fraction of sp³-hybridized carbons (Fsp3) is 0.345. The minimum Gasteiger partial charge on any atom is -0.489 e. The van der Waals surface area contributed by atoms with E-state index in [9.17, 15) is 13.2 Å². The molecule has 0 heterocycles. The van der Waals surface area contributed by atoms with Crippen LogP contribution in [-0.4, -0.2) is 38.6 Å². The van der Waals surface area contributed by atoms with Gasteiger partial charge in [0.15, 0.2) is 9.84 Å². The molecular formula is C29H33BrN2O4S. The van der Waals surface area contributed by atoms with Gasteiger partial charge in [-0.25, -0.2) is 8.42 Å². The number of carbonyl (C=O) groups excluding carboxylic acids is 1. The molecular weight excluding hydrogens is 552 g/mol. The van der Waals surface area contributed by atoms with Crippen LogP contribution in [0.25, 0.3) is 0 Å². The van der Waals surface area contributed by atoms with E-state index in [1.165, 1.54) is 0 Å². The first-order valence-corrected chi connectivity index (χ1v) is 14.7. The first-order chi connectivity index (χ1) is 17.6. The summed E-state index contributed by atoms with van der Waals surface area (Å²) in [5, 5.41) is 2.69. The number of nitrogens with zero attached hydrogens (tertiary/aromatic N) is 1. The first-order valence-electron chi connectivity index (χ1n) is 12.4. The monoisotopic (exact) mass is 584 g/mol. The fourth-order valence-corrected chi connectivity index (χ4v) is 6.57. The highest BCUT2D eigenvalue weighted by Crippen LogP contribution is 2.36. The van der Waals surface area contributed by atoms with Gasteiger partial charge < -0.3 is 15.0 Å². The molecule has 1 aliphatic carbocycles. The Hall–Kier alpha value is -2.68. The van der Waals surface area contributed by atoms with Gasteiger partial charge in [0.2, 0.25) is 5.91 Å². The average Bonchev–Trinajstić information content (AvgIpc) is 3.70. The maximum Gasteiger partial charge on any atom is 0.224 e. The molecule has 1 amide bonds. The molecule has 0 unspecified atom stereocenters. The van der Waals surface area contributed by atoms with E-state index in [-0.39, 0.29) is 23.5 Å². The quantitative estimate of drug-likeness (QED) is 0.292. The summed E-state index contributed by atoms with van der Waals surface area (Å²) >= 11 is 3.54. The van der Waals surface area contributed by atoms with Crippen molar-refractivity contribution in [1.29, 1.82) is 0 Å². The molecule has 1 saturated carbocycles. The lowest BCUT2D eigenvalue weighted by molar-refractivity contribution is -0.116. The van der Waals surface area contributed by atoms with Crippen LogP contribution in [0.3, 0.4) is 0 Å². The Bertz CT molecular complexity index is 1360. The second-order valence-electron chi connectivity index (χ2n) is 9.91. The van der Waals surface area contributed by atoms with Crippen LogP contribution in [0.4, 0.5) is 5.69 Å². The van der Waals surface area contributed by atoms with Gasteiger partial charge in [-0.3, -0.25) is 4.79 Å². The SMILES string of the molecule is C[C@H](CC(=O)Nc1ccc(S(=O)(=O)C2CC2)c(CN(C)C)c1)c1cc(Br)ccc1OCc1ccccc1. The Kier molecular flexibility index (Phi) is 8.72. The third-order valence-corrected chi connectivity index (χ3v) is 9.19. The highest BCUT2D eigenvalue weighted by Gasteiger charge is 2.38. The number of hydrogen-bond acceptors (Lipinski definition) is 5. The predicted octanol–water partition coefficient (Wildman–Crippen LogP) is 6.16. The number of amides is 1. The zero-order valence-corrected chi connectivity index (χ0v) is 23.8. The van der Waals surface area contributed by atoms with Crippen LogP contribution in [0.1, 0.15) is 48.8 Å². The molecule has 3 aromatic rings. The molecule has 0 bridgehead atoms. The molecule has 1 fully saturated rings. The third kappa shape index (κ3) is 7.21. The molecule has 0 aliphatic heterocycles. The Morgan fingerprint density at radius 1 is 1.08 bits per heavy atom. The summed E-state index contributed by atoms with van der Waals surface area (Å²) in [6.45, 7) is 2.92. The Balaban J connectivity index is 1.47. The molecule has 8 heteroatoms. The van der Waals surface area contributed by atoms with E-state index in [1.54, 1.807) is 18.2 Å². The molecule has 0 spiro atoms. The number of benzene rings is 3. The van der Waals surface area contributed by atoms with E-state index in [4.69, 9.17) is 4.74 Å². The summed E-state index contributed by atoms with van der Waals surface area (Å²) in [4.78, 5) is 15.3. The Morgan fingerprint density at radius 2 is 1.81 bits per heavy atom. The standard InChI is InChI=1S/C29H33BrN2O4S/c1-20(26-17-23(30)9-13-27(26)36-19-21-7-5-4-6-8-21)15-29(33)31-24-10-14-28(22(16-24)18-32(2)3)37(34,35)25-11-12-25/h4-10,13-14,16-17,20,25H,11-12,15,18-19H2,1-3H3,(H,31,33)/t20-/m1/s1. The van der Waals surface area contributed by atoms with Crippen LogP contribution in [0, 0.1) is 0 Å². The number of nitrogens with one attached hydrogen (secondary N) is 1. The van der Waals surface area contributed by atoms with Crippen LogP contribution < -0.4 is 10.1 Å². The van der Waals surface area contributed by atoms with Crippen molar-refractivity contribution in [2.45, 2.75) is 55.4 Å². The number of sulfone groups is 1. The van der Waals surface area contributed by atoms with Crippen molar-refractivity contribution in [3.63, 3.8) is 0 Å². The summed E-state index contributed by atoms with van der Waals surface area (Å²) in [6, 6.07) is 20.9. The number of ether oxygens (including phenoxy) is 1. The van der Waals surface area contributed by atoms with E-state index in [0.717, 1.165) is 21.3 Å². The molecule has 1 N–H and O–H groups in total. The van der Waals surface area contributed by atoms with Gasteiger partial charge in [-0.15, -0.1) is 0 Å². The first kappa shape index (κ1) is 27.4. The molecule has 1 atom stereocenters. The number of rotatable bonds is 11. The summed E-state index contributed by atoms with van der Waals surface area (Å²) in [5.74, 6) is 0.504.